The average molecular weight is 613 g/mol. The van der Waals surface area contributed by atoms with E-state index in [-0.39, 0.29) is 30.2 Å². The molecule has 1 aromatic heterocycles. The van der Waals surface area contributed by atoms with Gasteiger partial charge in [-0.1, -0.05) is 11.6 Å². The molecule has 0 spiro atoms. The fourth-order valence-electron chi connectivity index (χ4n) is 6.27. The van der Waals surface area contributed by atoms with E-state index in [1.54, 1.807) is 18.2 Å². The first-order chi connectivity index (χ1) is 20.9. The molecule has 4 atom stereocenters. The Hall–Kier alpha value is -3.22. The summed E-state index contributed by atoms with van der Waals surface area (Å²) in [4.78, 5) is 23.9. The molecule has 226 valence electrons. The molecule has 4 heterocycles. The predicted octanol–water partition coefficient (Wildman–Crippen LogP) is 4.50. The zero-order valence-corrected chi connectivity index (χ0v) is 24.1. The van der Waals surface area contributed by atoms with Crippen molar-refractivity contribution in [2.24, 2.45) is 17.8 Å². The van der Waals surface area contributed by atoms with Crippen LogP contribution in [0.3, 0.4) is 0 Å². The lowest BCUT2D eigenvalue weighted by Crippen LogP contribution is -2.36. The number of aromatic nitrogens is 2. The van der Waals surface area contributed by atoms with Gasteiger partial charge in [-0.3, -0.25) is 9.69 Å². The number of carbonyl (C=O) groups is 1. The van der Waals surface area contributed by atoms with E-state index in [0.717, 1.165) is 13.2 Å². The third-order valence-electron chi connectivity index (χ3n) is 8.75. The van der Waals surface area contributed by atoms with E-state index in [2.05, 4.69) is 15.3 Å². The molecule has 1 saturated carbocycles. The molecule has 1 N–H and O–H groups in total. The molecule has 2 aromatic carbocycles. The van der Waals surface area contributed by atoms with Crippen molar-refractivity contribution in [2.75, 3.05) is 58.0 Å². The minimum Gasteiger partial charge on any atom is -0.493 e. The number of anilines is 2. The van der Waals surface area contributed by atoms with Gasteiger partial charge in [0.05, 0.1) is 55.8 Å². The summed E-state index contributed by atoms with van der Waals surface area (Å²) in [7, 11) is 0. The number of allylic oxidation sites excluding steroid dienone is 1. The second-order valence-electron chi connectivity index (χ2n) is 11.5. The van der Waals surface area contributed by atoms with Crippen LogP contribution in [-0.2, 0) is 25.4 Å². The number of carbonyl (C=O) groups excluding carboxylic acids is 1. The van der Waals surface area contributed by atoms with Crippen LogP contribution in [0.25, 0.3) is 10.9 Å². The van der Waals surface area contributed by atoms with E-state index in [9.17, 15) is 9.18 Å². The monoisotopic (exact) mass is 612 g/mol. The highest BCUT2D eigenvalue weighted by Crippen LogP contribution is 2.50. The molecule has 9 nitrogen and oxygen atoms in total. The summed E-state index contributed by atoms with van der Waals surface area (Å²) < 4.78 is 52.1. The average Bonchev–Trinajstić information content (AvgIpc) is 3.31. The Morgan fingerprint density at radius 1 is 1.12 bits per heavy atom. The highest BCUT2D eigenvalue weighted by molar-refractivity contribution is 6.31. The van der Waals surface area contributed by atoms with Gasteiger partial charge in [0, 0.05) is 54.7 Å². The smallest absolute Gasteiger partial charge is 0.195 e. The maximum absolute atomic E-state index is 15.2. The van der Waals surface area contributed by atoms with Gasteiger partial charge in [-0.25, -0.2) is 18.7 Å². The van der Waals surface area contributed by atoms with Crippen molar-refractivity contribution < 1.29 is 32.5 Å². The third-order valence-corrected chi connectivity index (χ3v) is 9.03. The molecule has 7 rings (SSSR count). The zero-order valence-electron chi connectivity index (χ0n) is 23.3. The molecule has 2 unspecified atom stereocenters. The Morgan fingerprint density at radius 3 is 2.63 bits per heavy atom. The van der Waals surface area contributed by atoms with Crippen LogP contribution in [-0.4, -0.2) is 85.5 Å². The van der Waals surface area contributed by atoms with Crippen LogP contribution in [0.1, 0.15) is 5.56 Å². The van der Waals surface area contributed by atoms with Crippen molar-refractivity contribution in [3.8, 4) is 5.75 Å². The molecule has 0 amide bonds. The van der Waals surface area contributed by atoms with Crippen LogP contribution in [0.15, 0.2) is 48.6 Å². The van der Waals surface area contributed by atoms with Crippen molar-refractivity contribution in [1.82, 2.24) is 14.9 Å². The second kappa shape index (κ2) is 12.0. The van der Waals surface area contributed by atoms with Crippen LogP contribution in [0.5, 0.6) is 5.75 Å². The highest BCUT2D eigenvalue weighted by Gasteiger charge is 2.54. The summed E-state index contributed by atoms with van der Waals surface area (Å²) in [5.41, 5.74) is 1.62. The molecule has 3 saturated heterocycles. The highest BCUT2D eigenvalue weighted by atomic mass is 35.5. The number of ether oxygens (including phenoxy) is 4. The normalized spacial score (nSPS) is 26.8. The van der Waals surface area contributed by atoms with Crippen LogP contribution in [0.4, 0.5) is 20.3 Å². The minimum atomic E-state index is -0.805. The number of nitrogens with zero attached hydrogens (tertiary/aromatic N) is 3. The third kappa shape index (κ3) is 6.09. The summed E-state index contributed by atoms with van der Waals surface area (Å²) in [5, 5.41) is 3.71. The molecule has 43 heavy (non-hydrogen) atoms. The fourth-order valence-corrected chi connectivity index (χ4v) is 6.45. The lowest BCUT2D eigenvalue weighted by molar-refractivity contribution is -0.116. The molecule has 3 aliphatic heterocycles. The van der Waals surface area contributed by atoms with Gasteiger partial charge >= 0.3 is 0 Å². The summed E-state index contributed by atoms with van der Waals surface area (Å²) >= 11 is 5.96. The summed E-state index contributed by atoms with van der Waals surface area (Å²) in [6.45, 7) is 4.63. The van der Waals surface area contributed by atoms with Gasteiger partial charge in [0.1, 0.15) is 23.7 Å². The van der Waals surface area contributed by atoms with Crippen molar-refractivity contribution in [2.45, 2.75) is 18.6 Å². The van der Waals surface area contributed by atoms with Gasteiger partial charge < -0.3 is 24.3 Å². The van der Waals surface area contributed by atoms with Crippen molar-refractivity contribution in [1.29, 1.82) is 0 Å². The van der Waals surface area contributed by atoms with Crippen molar-refractivity contribution >= 4 is 39.8 Å². The Morgan fingerprint density at radius 2 is 1.88 bits per heavy atom. The number of likely N-dealkylation sites (tertiary alicyclic amines) is 1. The van der Waals surface area contributed by atoms with Gasteiger partial charge in [-0.15, -0.1) is 0 Å². The molecule has 0 bridgehead atoms. The topological polar surface area (TPSA) is 95.0 Å². The molecule has 4 fully saturated rings. The largest absolute Gasteiger partial charge is 0.493 e. The van der Waals surface area contributed by atoms with E-state index in [1.165, 1.54) is 24.5 Å². The second-order valence-corrected chi connectivity index (χ2v) is 11.9. The number of ketones is 1. The van der Waals surface area contributed by atoms with Gasteiger partial charge in [0.25, 0.3) is 0 Å². The van der Waals surface area contributed by atoms with Gasteiger partial charge in [0.15, 0.2) is 11.6 Å². The Bertz CT molecular complexity index is 1550. The predicted molar refractivity (Wildman–Crippen MR) is 155 cm³/mol. The Kier molecular flexibility index (Phi) is 8.00. The number of rotatable bonds is 10. The number of fused-ring (bicyclic) bond motifs is 3. The number of hydrogen-bond donors (Lipinski definition) is 1. The van der Waals surface area contributed by atoms with E-state index in [4.69, 9.17) is 30.5 Å². The Balaban J connectivity index is 1.12. The Labute approximate surface area is 252 Å². The van der Waals surface area contributed by atoms with Crippen molar-refractivity contribution in [3.05, 3.63) is 65.0 Å². The van der Waals surface area contributed by atoms with Crippen LogP contribution < -0.4 is 10.1 Å². The number of Topliss-reactive ketones (excluding diaryl/α,β-unsaturated/α-hetero) is 1. The molecule has 0 radical (unpaired) electrons. The summed E-state index contributed by atoms with van der Waals surface area (Å²) in [6, 6.07) is 7.76. The minimum absolute atomic E-state index is 0.0215. The number of hydrogen-bond acceptors (Lipinski definition) is 9. The maximum Gasteiger partial charge on any atom is 0.195 e. The molecule has 1 aliphatic carbocycles. The van der Waals surface area contributed by atoms with E-state index in [1.807, 2.05) is 4.90 Å². The number of benzene rings is 2. The standard InChI is InChI=1S/C31H31ClF2N4O5/c32-23-9-18(1-2-24(23)33)37-31-19-7-17(8-27(39)25(34)3-4-38-11-29-30(12-38)42-6-5-41-29)28(10-26(19)35-16-36-31)43-15-22-20-13-40-14-21(20)22/h1-3,7,9-10,16,20-22,29-30H,4-6,8,11-15H2,(H,35,36,37)/b25-3-/t20?,21?,22?,29-,30+. The lowest BCUT2D eigenvalue weighted by atomic mass is 10.0. The first kappa shape index (κ1) is 28.5. The molecular weight excluding hydrogens is 582 g/mol. The fraction of sp³-hybridized carbons (Fsp3) is 0.452. The molecule has 12 heteroatoms. The van der Waals surface area contributed by atoms with Crippen LogP contribution in [0.2, 0.25) is 5.02 Å². The van der Waals surface area contributed by atoms with Crippen molar-refractivity contribution in [3.63, 3.8) is 0 Å². The number of nitrogens with one attached hydrogen (secondary N) is 1. The first-order valence-corrected chi connectivity index (χ1v) is 14.9. The van der Waals surface area contributed by atoms with Crippen LogP contribution >= 0.6 is 11.6 Å². The zero-order chi connectivity index (χ0) is 29.5. The van der Waals surface area contributed by atoms with Gasteiger partial charge in [0.2, 0.25) is 0 Å². The van der Waals surface area contributed by atoms with Crippen LogP contribution in [0, 0.1) is 23.6 Å². The number of halogens is 3. The summed E-state index contributed by atoms with van der Waals surface area (Å²) in [5.74, 6) is 0.307. The molecular formula is C31H31ClF2N4O5. The van der Waals surface area contributed by atoms with E-state index in [0.29, 0.717) is 84.4 Å². The quantitative estimate of drug-likeness (QED) is 0.332. The molecule has 4 aliphatic rings. The van der Waals surface area contributed by atoms with Gasteiger partial charge in [-0.2, -0.15) is 0 Å². The first-order valence-electron chi connectivity index (χ1n) is 14.5. The van der Waals surface area contributed by atoms with E-state index >= 15 is 4.39 Å². The lowest BCUT2D eigenvalue weighted by Gasteiger charge is -2.24. The summed E-state index contributed by atoms with van der Waals surface area (Å²) in [6.07, 6.45) is 2.47. The van der Waals surface area contributed by atoms with Gasteiger partial charge in [-0.05, 0) is 42.2 Å². The molecule has 3 aromatic rings. The SMILES string of the molecule is O=C(Cc1cc2c(Nc3ccc(F)c(Cl)c3)ncnc2cc1OCC1C2COCC21)/C(F)=C/CN1C[C@@H]2OCCO[C@@H]2C1. The van der Waals surface area contributed by atoms with E-state index < -0.39 is 17.4 Å². The maximum atomic E-state index is 15.2.